The highest BCUT2D eigenvalue weighted by molar-refractivity contribution is 5.79. The van der Waals surface area contributed by atoms with Gasteiger partial charge in [0.1, 0.15) is 0 Å². The average molecular weight is 302 g/mol. The fourth-order valence-corrected chi connectivity index (χ4v) is 2.95. The SMILES string of the molecule is Cn1cc([C@@H]2OCCC[C@H]2C(=O)NCc2cccn2C)cn1. The van der Waals surface area contributed by atoms with Crippen molar-refractivity contribution in [3.05, 3.63) is 42.0 Å². The van der Waals surface area contributed by atoms with E-state index < -0.39 is 0 Å². The van der Waals surface area contributed by atoms with Crippen LogP contribution in [0.15, 0.2) is 30.7 Å². The molecule has 1 aliphatic heterocycles. The third-order valence-corrected chi connectivity index (χ3v) is 4.21. The maximum absolute atomic E-state index is 12.6. The van der Waals surface area contributed by atoms with Gasteiger partial charge in [0.2, 0.25) is 5.91 Å². The molecule has 0 unspecified atom stereocenters. The molecule has 0 spiro atoms. The summed E-state index contributed by atoms with van der Waals surface area (Å²) in [7, 11) is 3.85. The third-order valence-electron chi connectivity index (χ3n) is 4.21. The second kappa shape index (κ2) is 6.36. The van der Waals surface area contributed by atoms with Crippen LogP contribution >= 0.6 is 0 Å². The van der Waals surface area contributed by atoms with Crippen LogP contribution in [0.3, 0.4) is 0 Å². The number of nitrogens with zero attached hydrogens (tertiary/aromatic N) is 3. The number of nitrogens with one attached hydrogen (secondary N) is 1. The molecule has 3 heterocycles. The van der Waals surface area contributed by atoms with Gasteiger partial charge in [-0.05, 0) is 25.0 Å². The number of rotatable bonds is 4. The molecule has 6 heteroatoms. The first kappa shape index (κ1) is 14.8. The fourth-order valence-electron chi connectivity index (χ4n) is 2.95. The van der Waals surface area contributed by atoms with Crippen LogP contribution in [0, 0.1) is 5.92 Å². The van der Waals surface area contributed by atoms with Gasteiger partial charge in [-0.1, -0.05) is 0 Å². The molecule has 6 nitrogen and oxygen atoms in total. The molecule has 118 valence electrons. The number of carbonyl (C=O) groups is 1. The minimum Gasteiger partial charge on any atom is -0.373 e. The van der Waals surface area contributed by atoms with E-state index in [0.717, 1.165) is 24.1 Å². The molecular weight excluding hydrogens is 280 g/mol. The lowest BCUT2D eigenvalue weighted by Gasteiger charge is -2.30. The van der Waals surface area contributed by atoms with Crippen molar-refractivity contribution in [1.29, 1.82) is 0 Å². The van der Waals surface area contributed by atoms with Crippen LogP contribution in [0.2, 0.25) is 0 Å². The van der Waals surface area contributed by atoms with Gasteiger partial charge in [-0.25, -0.2) is 0 Å². The number of aryl methyl sites for hydroxylation is 2. The Bertz CT molecular complexity index is 646. The van der Waals surface area contributed by atoms with Gasteiger partial charge in [0.25, 0.3) is 0 Å². The van der Waals surface area contributed by atoms with E-state index in [2.05, 4.69) is 10.4 Å². The van der Waals surface area contributed by atoms with Gasteiger partial charge in [-0.2, -0.15) is 5.10 Å². The average Bonchev–Trinajstić information content (AvgIpc) is 3.13. The van der Waals surface area contributed by atoms with E-state index in [0.29, 0.717) is 13.2 Å². The molecule has 2 atom stereocenters. The van der Waals surface area contributed by atoms with Crippen molar-refractivity contribution in [2.45, 2.75) is 25.5 Å². The number of aromatic nitrogens is 3. The van der Waals surface area contributed by atoms with Gasteiger partial charge < -0.3 is 14.6 Å². The van der Waals surface area contributed by atoms with Crippen LogP contribution in [0.25, 0.3) is 0 Å². The zero-order valence-corrected chi connectivity index (χ0v) is 13.0. The second-order valence-corrected chi connectivity index (χ2v) is 5.82. The van der Waals surface area contributed by atoms with Crippen LogP contribution in [0.1, 0.15) is 30.2 Å². The molecule has 1 aliphatic rings. The van der Waals surface area contributed by atoms with Crippen LogP contribution in [-0.2, 0) is 30.2 Å². The lowest BCUT2D eigenvalue weighted by Crippen LogP contribution is -2.37. The lowest BCUT2D eigenvalue weighted by atomic mass is 9.90. The summed E-state index contributed by atoms with van der Waals surface area (Å²) in [4.78, 5) is 12.6. The number of carbonyl (C=O) groups excluding carboxylic acids is 1. The van der Waals surface area contributed by atoms with Gasteiger partial charge in [0.05, 0.1) is 24.8 Å². The standard InChI is InChI=1S/C16H22N4O2/c1-19-7-3-5-13(19)10-17-16(21)14-6-4-8-22-15(14)12-9-18-20(2)11-12/h3,5,7,9,11,14-15H,4,6,8,10H2,1-2H3,(H,17,21)/t14-,15+/m1/s1. The molecule has 0 saturated carbocycles. The summed E-state index contributed by atoms with van der Waals surface area (Å²) < 4.78 is 9.60. The van der Waals surface area contributed by atoms with Crippen molar-refractivity contribution in [1.82, 2.24) is 19.7 Å². The second-order valence-electron chi connectivity index (χ2n) is 5.82. The molecule has 2 aromatic heterocycles. The highest BCUT2D eigenvalue weighted by Crippen LogP contribution is 2.33. The minimum absolute atomic E-state index is 0.0507. The Morgan fingerprint density at radius 3 is 3.05 bits per heavy atom. The fraction of sp³-hybridized carbons (Fsp3) is 0.500. The van der Waals surface area contributed by atoms with Crippen molar-refractivity contribution >= 4 is 5.91 Å². The van der Waals surface area contributed by atoms with Crippen molar-refractivity contribution < 1.29 is 9.53 Å². The monoisotopic (exact) mass is 302 g/mol. The highest BCUT2D eigenvalue weighted by atomic mass is 16.5. The predicted molar refractivity (Wildman–Crippen MR) is 81.9 cm³/mol. The largest absolute Gasteiger partial charge is 0.373 e. The number of amides is 1. The Labute approximate surface area is 130 Å². The molecule has 1 amide bonds. The van der Waals surface area contributed by atoms with E-state index >= 15 is 0 Å². The summed E-state index contributed by atoms with van der Waals surface area (Å²) in [6.07, 6.45) is 7.25. The van der Waals surface area contributed by atoms with Crippen molar-refractivity contribution in [3.63, 3.8) is 0 Å². The van der Waals surface area contributed by atoms with Crippen LogP contribution in [-0.4, -0.2) is 26.9 Å². The molecule has 0 bridgehead atoms. The quantitative estimate of drug-likeness (QED) is 0.932. The van der Waals surface area contributed by atoms with E-state index in [-0.39, 0.29) is 17.9 Å². The van der Waals surface area contributed by atoms with E-state index in [1.54, 1.807) is 10.9 Å². The first-order chi connectivity index (χ1) is 10.6. The molecule has 1 saturated heterocycles. The van der Waals surface area contributed by atoms with Gasteiger partial charge >= 0.3 is 0 Å². The van der Waals surface area contributed by atoms with E-state index in [1.165, 1.54) is 0 Å². The Hall–Kier alpha value is -2.08. The minimum atomic E-state index is -0.198. The molecular formula is C16H22N4O2. The van der Waals surface area contributed by atoms with Gasteiger partial charge in [-0.15, -0.1) is 0 Å². The number of hydrogen-bond donors (Lipinski definition) is 1. The van der Waals surface area contributed by atoms with E-state index in [4.69, 9.17) is 4.74 Å². The highest BCUT2D eigenvalue weighted by Gasteiger charge is 2.33. The maximum atomic E-state index is 12.6. The topological polar surface area (TPSA) is 61.1 Å². The number of hydrogen-bond acceptors (Lipinski definition) is 3. The molecule has 0 radical (unpaired) electrons. The Balaban J connectivity index is 1.67. The summed E-state index contributed by atoms with van der Waals surface area (Å²) in [5.41, 5.74) is 2.06. The molecule has 0 aromatic carbocycles. The zero-order valence-electron chi connectivity index (χ0n) is 13.0. The molecule has 22 heavy (non-hydrogen) atoms. The van der Waals surface area contributed by atoms with Crippen molar-refractivity contribution in [2.75, 3.05) is 6.61 Å². The van der Waals surface area contributed by atoms with E-state index in [9.17, 15) is 4.79 Å². The van der Waals surface area contributed by atoms with E-state index in [1.807, 2.05) is 43.2 Å². The van der Waals surface area contributed by atoms with Crippen molar-refractivity contribution in [2.24, 2.45) is 20.0 Å². The van der Waals surface area contributed by atoms with Crippen molar-refractivity contribution in [3.8, 4) is 0 Å². The summed E-state index contributed by atoms with van der Waals surface area (Å²) in [6, 6.07) is 3.99. The Morgan fingerprint density at radius 2 is 2.36 bits per heavy atom. The molecule has 2 aromatic rings. The van der Waals surface area contributed by atoms with Crippen LogP contribution < -0.4 is 5.32 Å². The first-order valence-corrected chi connectivity index (χ1v) is 7.63. The zero-order chi connectivity index (χ0) is 15.5. The lowest BCUT2D eigenvalue weighted by molar-refractivity contribution is -0.134. The molecule has 1 N–H and O–H groups in total. The van der Waals surface area contributed by atoms with Gasteiger partial charge in [-0.3, -0.25) is 9.48 Å². The summed E-state index contributed by atoms with van der Waals surface area (Å²) in [6.45, 7) is 1.24. The molecule has 1 fully saturated rings. The van der Waals surface area contributed by atoms with Gasteiger partial charge in [0.15, 0.2) is 0 Å². The smallest absolute Gasteiger partial charge is 0.226 e. The molecule has 0 aliphatic carbocycles. The third kappa shape index (κ3) is 3.06. The first-order valence-electron chi connectivity index (χ1n) is 7.63. The van der Waals surface area contributed by atoms with Crippen LogP contribution in [0.4, 0.5) is 0 Å². The van der Waals surface area contributed by atoms with Gasteiger partial charge in [0, 0.05) is 44.4 Å². The normalized spacial score (nSPS) is 21.7. The maximum Gasteiger partial charge on any atom is 0.226 e. The predicted octanol–water partition coefficient (Wildman–Crippen LogP) is 1.54. The Morgan fingerprint density at radius 1 is 1.50 bits per heavy atom. The number of ether oxygens (including phenoxy) is 1. The summed E-state index contributed by atoms with van der Waals surface area (Å²) in [5.74, 6) is -0.104. The van der Waals surface area contributed by atoms with Crippen LogP contribution in [0.5, 0.6) is 0 Å². The Kier molecular flexibility index (Phi) is 4.29. The summed E-state index contributed by atoms with van der Waals surface area (Å²) >= 11 is 0. The summed E-state index contributed by atoms with van der Waals surface area (Å²) in [5, 5.41) is 7.22. The molecule has 3 rings (SSSR count).